The summed E-state index contributed by atoms with van der Waals surface area (Å²) in [5.74, 6) is 1.50. The zero-order chi connectivity index (χ0) is 15.1. The molecule has 1 aromatic rings. The first-order valence-electron chi connectivity index (χ1n) is 6.77. The molecule has 1 amide bonds. The number of hydrogen-bond donors (Lipinski definition) is 2. The van der Waals surface area contributed by atoms with Crippen LogP contribution in [0.4, 0.5) is 0 Å². The van der Waals surface area contributed by atoms with Gasteiger partial charge in [-0.1, -0.05) is 19.9 Å². The second-order valence-corrected chi connectivity index (χ2v) is 5.07. The minimum absolute atomic E-state index is 0.0305. The molecule has 0 saturated carbocycles. The molecule has 0 spiro atoms. The van der Waals surface area contributed by atoms with E-state index in [2.05, 4.69) is 19.2 Å². The fraction of sp³-hybridized carbons (Fsp3) is 0.533. The van der Waals surface area contributed by atoms with Gasteiger partial charge in [0.25, 0.3) is 5.91 Å². The molecule has 5 heteroatoms. The van der Waals surface area contributed by atoms with E-state index in [9.17, 15) is 4.79 Å². The molecule has 0 aliphatic carbocycles. The molecular weight excluding hydrogens is 256 g/mol. The fourth-order valence-electron chi connectivity index (χ4n) is 1.57. The second-order valence-electron chi connectivity index (χ2n) is 5.07. The molecule has 0 heterocycles. The number of carbonyl (C=O) groups excluding carboxylic acids is 1. The molecule has 20 heavy (non-hydrogen) atoms. The Hall–Kier alpha value is -1.75. The summed E-state index contributed by atoms with van der Waals surface area (Å²) in [6.45, 7) is 6.40. The normalized spacial score (nSPS) is 12.1. The van der Waals surface area contributed by atoms with Crippen LogP contribution >= 0.6 is 0 Å². The molecule has 112 valence electrons. The van der Waals surface area contributed by atoms with Gasteiger partial charge in [-0.15, -0.1) is 0 Å². The van der Waals surface area contributed by atoms with Gasteiger partial charge in [0.05, 0.1) is 7.11 Å². The summed E-state index contributed by atoms with van der Waals surface area (Å²) < 4.78 is 10.7. The van der Waals surface area contributed by atoms with Crippen molar-refractivity contribution < 1.29 is 14.3 Å². The van der Waals surface area contributed by atoms with Crippen LogP contribution in [0.1, 0.15) is 26.3 Å². The smallest absolute Gasteiger partial charge is 0.258 e. The largest absolute Gasteiger partial charge is 0.497 e. The number of ether oxygens (including phenoxy) is 2. The number of nitrogens with one attached hydrogen (secondary N) is 1. The molecule has 0 radical (unpaired) electrons. The summed E-state index contributed by atoms with van der Waals surface area (Å²) >= 11 is 0. The zero-order valence-corrected chi connectivity index (χ0v) is 12.6. The van der Waals surface area contributed by atoms with Crippen molar-refractivity contribution in [2.45, 2.75) is 33.4 Å². The van der Waals surface area contributed by atoms with Gasteiger partial charge in [-0.3, -0.25) is 4.79 Å². The van der Waals surface area contributed by atoms with Crippen molar-refractivity contribution in [2.75, 3.05) is 13.7 Å². The molecule has 0 aliphatic rings. The number of nitrogens with two attached hydrogens (primary N) is 1. The quantitative estimate of drug-likeness (QED) is 0.797. The van der Waals surface area contributed by atoms with Crippen LogP contribution in [0.15, 0.2) is 18.2 Å². The van der Waals surface area contributed by atoms with E-state index >= 15 is 0 Å². The molecule has 0 saturated heterocycles. The molecule has 1 atom stereocenters. The summed E-state index contributed by atoms with van der Waals surface area (Å²) in [5.41, 5.74) is 6.49. The minimum Gasteiger partial charge on any atom is -0.497 e. The summed E-state index contributed by atoms with van der Waals surface area (Å²) in [4.78, 5) is 11.8. The third-order valence-corrected chi connectivity index (χ3v) is 3.24. The third-order valence-electron chi connectivity index (χ3n) is 3.24. The van der Waals surface area contributed by atoms with E-state index in [-0.39, 0.29) is 18.6 Å². The van der Waals surface area contributed by atoms with E-state index in [1.54, 1.807) is 13.2 Å². The SMILES string of the molecule is COc1ccc(CN)c(OCC(=O)NC(C)C(C)C)c1. The molecule has 1 rings (SSSR count). The first kappa shape index (κ1) is 16.3. The first-order valence-corrected chi connectivity index (χ1v) is 6.77. The van der Waals surface area contributed by atoms with E-state index in [0.29, 0.717) is 24.0 Å². The number of benzene rings is 1. The number of rotatable bonds is 7. The van der Waals surface area contributed by atoms with Crippen molar-refractivity contribution in [3.8, 4) is 11.5 Å². The minimum atomic E-state index is -0.142. The van der Waals surface area contributed by atoms with Crippen LogP contribution in [0.5, 0.6) is 11.5 Å². The van der Waals surface area contributed by atoms with Gasteiger partial charge in [0, 0.05) is 24.2 Å². The Bertz CT molecular complexity index is 447. The summed E-state index contributed by atoms with van der Waals surface area (Å²) in [6, 6.07) is 5.51. The number of methoxy groups -OCH3 is 1. The van der Waals surface area contributed by atoms with Crippen LogP contribution in [0.25, 0.3) is 0 Å². The molecular formula is C15H24N2O3. The monoisotopic (exact) mass is 280 g/mol. The van der Waals surface area contributed by atoms with Gasteiger partial charge in [0.1, 0.15) is 11.5 Å². The van der Waals surface area contributed by atoms with Gasteiger partial charge < -0.3 is 20.5 Å². The van der Waals surface area contributed by atoms with Gasteiger partial charge in [0.2, 0.25) is 0 Å². The second kappa shape index (κ2) is 7.75. The Balaban J connectivity index is 2.62. The standard InChI is InChI=1S/C15H24N2O3/c1-10(2)11(3)17-15(18)9-20-14-7-13(19-4)6-5-12(14)8-16/h5-7,10-11H,8-9,16H2,1-4H3,(H,17,18). The highest BCUT2D eigenvalue weighted by Crippen LogP contribution is 2.24. The van der Waals surface area contributed by atoms with Crippen molar-refractivity contribution in [3.05, 3.63) is 23.8 Å². The van der Waals surface area contributed by atoms with E-state index in [1.165, 1.54) is 0 Å². The lowest BCUT2D eigenvalue weighted by molar-refractivity contribution is -0.124. The molecule has 1 unspecified atom stereocenters. The predicted molar refractivity (Wildman–Crippen MR) is 78.8 cm³/mol. The number of amides is 1. The number of carbonyl (C=O) groups is 1. The molecule has 0 aromatic heterocycles. The van der Waals surface area contributed by atoms with E-state index in [1.807, 2.05) is 19.1 Å². The van der Waals surface area contributed by atoms with Crippen molar-refractivity contribution in [1.82, 2.24) is 5.32 Å². The van der Waals surface area contributed by atoms with Crippen LogP contribution in [0.2, 0.25) is 0 Å². The highest BCUT2D eigenvalue weighted by atomic mass is 16.5. The lowest BCUT2D eigenvalue weighted by atomic mass is 10.1. The predicted octanol–water partition coefficient (Wildman–Crippen LogP) is 1.69. The first-order chi connectivity index (χ1) is 9.47. The van der Waals surface area contributed by atoms with Gasteiger partial charge in [-0.25, -0.2) is 0 Å². The Morgan fingerprint density at radius 1 is 1.35 bits per heavy atom. The van der Waals surface area contributed by atoms with Crippen LogP contribution in [0, 0.1) is 5.92 Å². The Kier molecular flexibility index (Phi) is 6.31. The maximum atomic E-state index is 11.8. The average Bonchev–Trinajstić information content (AvgIpc) is 2.44. The summed E-state index contributed by atoms with van der Waals surface area (Å²) in [6.07, 6.45) is 0. The van der Waals surface area contributed by atoms with Crippen LogP contribution in [0.3, 0.4) is 0 Å². The molecule has 5 nitrogen and oxygen atoms in total. The maximum absolute atomic E-state index is 11.8. The molecule has 0 fully saturated rings. The van der Waals surface area contributed by atoms with Crippen LogP contribution in [-0.4, -0.2) is 25.7 Å². The molecule has 3 N–H and O–H groups in total. The number of hydrogen-bond acceptors (Lipinski definition) is 4. The highest BCUT2D eigenvalue weighted by molar-refractivity contribution is 5.77. The van der Waals surface area contributed by atoms with E-state index < -0.39 is 0 Å². The van der Waals surface area contributed by atoms with Crippen molar-refractivity contribution in [2.24, 2.45) is 11.7 Å². The van der Waals surface area contributed by atoms with Crippen LogP contribution in [-0.2, 0) is 11.3 Å². The molecule has 1 aromatic carbocycles. The van der Waals surface area contributed by atoms with Gasteiger partial charge in [-0.05, 0) is 18.9 Å². The maximum Gasteiger partial charge on any atom is 0.258 e. The van der Waals surface area contributed by atoms with Gasteiger partial charge in [-0.2, -0.15) is 0 Å². The molecule has 0 bridgehead atoms. The Labute approximate surface area is 120 Å². The summed E-state index contributed by atoms with van der Waals surface area (Å²) in [7, 11) is 1.58. The third kappa shape index (κ3) is 4.74. The van der Waals surface area contributed by atoms with Gasteiger partial charge in [0.15, 0.2) is 6.61 Å². The lowest BCUT2D eigenvalue weighted by Crippen LogP contribution is -2.39. The fourth-order valence-corrected chi connectivity index (χ4v) is 1.57. The zero-order valence-electron chi connectivity index (χ0n) is 12.6. The topological polar surface area (TPSA) is 73.6 Å². The van der Waals surface area contributed by atoms with E-state index in [0.717, 1.165) is 5.56 Å². The summed E-state index contributed by atoms with van der Waals surface area (Å²) in [5, 5.41) is 2.89. The Morgan fingerprint density at radius 3 is 2.60 bits per heavy atom. The van der Waals surface area contributed by atoms with E-state index in [4.69, 9.17) is 15.2 Å². The van der Waals surface area contributed by atoms with Crippen molar-refractivity contribution in [1.29, 1.82) is 0 Å². The van der Waals surface area contributed by atoms with Gasteiger partial charge >= 0.3 is 0 Å². The van der Waals surface area contributed by atoms with Crippen molar-refractivity contribution >= 4 is 5.91 Å². The molecule has 0 aliphatic heterocycles. The van der Waals surface area contributed by atoms with Crippen LogP contribution < -0.4 is 20.5 Å². The van der Waals surface area contributed by atoms with Crippen molar-refractivity contribution in [3.63, 3.8) is 0 Å². The lowest BCUT2D eigenvalue weighted by Gasteiger charge is -2.18. The Morgan fingerprint density at radius 2 is 2.05 bits per heavy atom. The highest BCUT2D eigenvalue weighted by Gasteiger charge is 2.12. The average molecular weight is 280 g/mol.